The van der Waals surface area contributed by atoms with Gasteiger partial charge < -0.3 is 24.1 Å². The Morgan fingerprint density at radius 3 is 2.57 bits per heavy atom. The average molecular weight is 384 g/mol. The van der Waals surface area contributed by atoms with Gasteiger partial charge in [-0.25, -0.2) is 4.79 Å². The highest BCUT2D eigenvalue weighted by Gasteiger charge is 2.40. The second-order valence-electron chi connectivity index (χ2n) is 6.88. The van der Waals surface area contributed by atoms with Crippen molar-refractivity contribution >= 4 is 17.8 Å². The number of carboxylic acid groups (broad SMARTS) is 1. The Morgan fingerprint density at radius 1 is 1.07 bits per heavy atom. The fourth-order valence-electron chi connectivity index (χ4n) is 3.71. The van der Waals surface area contributed by atoms with Crippen LogP contribution in [-0.4, -0.2) is 64.5 Å². The van der Waals surface area contributed by atoms with Crippen LogP contribution in [0.2, 0.25) is 0 Å². The highest BCUT2D eigenvalue weighted by atomic mass is 16.5. The topological polar surface area (TPSA) is 100 Å². The van der Waals surface area contributed by atoms with Crippen molar-refractivity contribution in [2.45, 2.75) is 25.1 Å². The summed E-state index contributed by atoms with van der Waals surface area (Å²) >= 11 is 0. The van der Waals surface area contributed by atoms with Gasteiger partial charge in [-0.3, -0.25) is 9.59 Å². The quantitative estimate of drug-likeness (QED) is 0.852. The number of carbonyl (C=O) groups is 3. The van der Waals surface area contributed by atoms with E-state index in [4.69, 9.17) is 9.15 Å². The van der Waals surface area contributed by atoms with Gasteiger partial charge in [0.15, 0.2) is 11.9 Å². The van der Waals surface area contributed by atoms with Crippen LogP contribution in [0, 0.1) is 0 Å². The fourth-order valence-corrected chi connectivity index (χ4v) is 3.71. The van der Waals surface area contributed by atoms with E-state index < -0.39 is 18.1 Å². The molecule has 1 fully saturated rings. The molecule has 1 aromatic heterocycles. The van der Waals surface area contributed by atoms with Crippen molar-refractivity contribution in [1.29, 1.82) is 0 Å². The van der Waals surface area contributed by atoms with Crippen molar-refractivity contribution in [3.8, 4) is 0 Å². The molecule has 4 rings (SSSR count). The number of aliphatic carboxylic acids is 1. The van der Waals surface area contributed by atoms with Gasteiger partial charge in [0.25, 0.3) is 5.91 Å². The molecule has 1 N–H and O–H groups in total. The molecule has 0 bridgehead atoms. The molecule has 2 aromatic rings. The van der Waals surface area contributed by atoms with E-state index in [2.05, 4.69) is 0 Å². The minimum Gasteiger partial charge on any atom is -0.479 e. The van der Waals surface area contributed by atoms with Crippen LogP contribution in [0.3, 0.4) is 0 Å². The van der Waals surface area contributed by atoms with Crippen LogP contribution in [0.4, 0.5) is 0 Å². The first-order valence-corrected chi connectivity index (χ1v) is 9.09. The van der Waals surface area contributed by atoms with Gasteiger partial charge in [0, 0.05) is 19.5 Å². The number of carboxylic acids is 1. The molecule has 3 heterocycles. The van der Waals surface area contributed by atoms with E-state index in [-0.39, 0.29) is 30.7 Å². The maximum absolute atomic E-state index is 13.3. The average Bonchev–Trinajstić information content (AvgIpc) is 3.26. The van der Waals surface area contributed by atoms with Crippen molar-refractivity contribution in [3.05, 3.63) is 59.5 Å². The van der Waals surface area contributed by atoms with E-state index >= 15 is 0 Å². The molecule has 146 valence electrons. The minimum absolute atomic E-state index is 0.0326. The van der Waals surface area contributed by atoms with E-state index in [0.717, 1.165) is 11.1 Å². The van der Waals surface area contributed by atoms with Gasteiger partial charge in [0.2, 0.25) is 5.91 Å². The second-order valence-corrected chi connectivity index (χ2v) is 6.88. The van der Waals surface area contributed by atoms with E-state index in [1.54, 1.807) is 12.1 Å². The third kappa shape index (κ3) is 3.38. The van der Waals surface area contributed by atoms with Gasteiger partial charge in [-0.15, -0.1) is 0 Å². The Hall–Kier alpha value is -3.13. The van der Waals surface area contributed by atoms with Crippen molar-refractivity contribution in [1.82, 2.24) is 9.80 Å². The normalized spacial score (nSPS) is 21.9. The van der Waals surface area contributed by atoms with E-state index in [1.807, 2.05) is 24.3 Å². The highest BCUT2D eigenvalue weighted by molar-refractivity contribution is 5.96. The third-order valence-corrected chi connectivity index (χ3v) is 5.18. The number of hydrogen-bond donors (Lipinski definition) is 1. The summed E-state index contributed by atoms with van der Waals surface area (Å²) in [6, 6.07) is 10.2. The van der Waals surface area contributed by atoms with Crippen molar-refractivity contribution in [2.24, 2.45) is 0 Å². The van der Waals surface area contributed by atoms with Crippen molar-refractivity contribution in [2.75, 3.05) is 19.7 Å². The van der Waals surface area contributed by atoms with Gasteiger partial charge in [-0.1, -0.05) is 24.3 Å². The summed E-state index contributed by atoms with van der Waals surface area (Å²) in [5.41, 5.74) is 1.99. The van der Waals surface area contributed by atoms with Crippen molar-refractivity contribution < 1.29 is 28.6 Å². The summed E-state index contributed by atoms with van der Waals surface area (Å²) in [7, 11) is 0. The molecule has 8 nitrogen and oxygen atoms in total. The Balaban J connectivity index is 1.62. The number of nitrogens with zero attached hydrogens (tertiary/aromatic N) is 2. The zero-order valence-corrected chi connectivity index (χ0v) is 15.1. The van der Waals surface area contributed by atoms with Gasteiger partial charge in [-0.05, 0) is 23.3 Å². The van der Waals surface area contributed by atoms with Gasteiger partial charge >= 0.3 is 5.97 Å². The Morgan fingerprint density at radius 2 is 1.86 bits per heavy atom. The molecule has 0 spiro atoms. The number of fused-ring (bicyclic) bond motifs is 1. The second kappa shape index (κ2) is 7.47. The third-order valence-electron chi connectivity index (χ3n) is 5.18. The van der Waals surface area contributed by atoms with Crippen LogP contribution in [0.25, 0.3) is 0 Å². The number of morpholine rings is 1. The Labute approximate surface area is 161 Å². The summed E-state index contributed by atoms with van der Waals surface area (Å²) < 4.78 is 10.5. The maximum Gasteiger partial charge on any atom is 0.334 e. The number of carbonyl (C=O) groups excluding carboxylic acids is 2. The molecular weight excluding hydrogens is 364 g/mol. The molecule has 28 heavy (non-hydrogen) atoms. The molecule has 1 aromatic carbocycles. The number of rotatable bonds is 3. The Kier molecular flexibility index (Phi) is 4.87. The molecule has 2 amide bonds. The van der Waals surface area contributed by atoms with Crippen LogP contribution in [-0.2, 0) is 27.3 Å². The lowest BCUT2D eigenvalue weighted by molar-refractivity contribution is -0.160. The molecule has 8 heteroatoms. The van der Waals surface area contributed by atoms with Crippen LogP contribution in [0.15, 0.2) is 47.1 Å². The summed E-state index contributed by atoms with van der Waals surface area (Å²) in [6.45, 7) is 0.704. The molecule has 1 saturated heterocycles. The summed E-state index contributed by atoms with van der Waals surface area (Å²) in [6.07, 6.45) is 0.737. The predicted octanol–water partition coefficient (Wildman–Crippen LogP) is 1.16. The zero-order chi connectivity index (χ0) is 19.7. The number of amides is 2. The van der Waals surface area contributed by atoms with Crippen LogP contribution in [0.5, 0.6) is 0 Å². The van der Waals surface area contributed by atoms with E-state index in [9.17, 15) is 19.5 Å². The number of hydrogen-bond acceptors (Lipinski definition) is 5. The summed E-state index contributed by atoms with van der Waals surface area (Å²) in [5.74, 6) is -1.57. The zero-order valence-electron chi connectivity index (χ0n) is 15.1. The highest BCUT2D eigenvalue weighted by Crippen LogP contribution is 2.27. The predicted molar refractivity (Wildman–Crippen MR) is 96.5 cm³/mol. The lowest BCUT2D eigenvalue weighted by Crippen LogP contribution is -2.57. The van der Waals surface area contributed by atoms with Crippen LogP contribution >= 0.6 is 0 Å². The number of furan rings is 1. The lowest BCUT2D eigenvalue weighted by atomic mass is 9.92. The largest absolute Gasteiger partial charge is 0.479 e. The first-order chi connectivity index (χ1) is 13.5. The van der Waals surface area contributed by atoms with Gasteiger partial charge in [-0.2, -0.15) is 0 Å². The fraction of sp³-hybridized carbons (Fsp3) is 0.350. The minimum atomic E-state index is -1.10. The lowest BCUT2D eigenvalue weighted by Gasteiger charge is -2.40. The van der Waals surface area contributed by atoms with Crippen molar-refractivity contribution in [3.63, 3.8) is 0 Å². The van der Waals surface area contributed by atoms with E-state index in [1.165, 1.54) is 16.1 Å². The molecule has 0 radical (unpaired) electrons. The molecule has 2 aliphatic rings. The number of ether oxygens (including phenoxy) is 1. The number of benzene rings is 1. The summed E-state index contributed by atoms with van der Waals surface area (Å²) in [4.78, 5) is 40.5. The molecule has 0 saturated carbocycles. The first-order valence-electron chi connectivity index (χ1n) is 9.09. The van der Waals surface area contributed by atoms with Gasteiger partial charge in [0.1, 0.15) is 6.04 Å². The first kappa shape index (κ1) is 18.2. The molecule has 2 aliphatic heterocycles. The molecule has 0 aliphatic carbocycles. The monoisotopic (exact) mass is 384 g/mol. The maximum atomic E-state index is 13.3. The van der Waals surface area contributed by atoms with E-state index in [0.29, 0.717) is 19.5 Å². The molecular formula is C20H20N2O6. The standard InChI is InChI=1S/C20H20N2O6/c23-18(21-7-9-28-17(12-21)20(25)26)15-10-13-4-1-2-5-14(13)11-22(15)19(24)16-6-3-8-27-16/h1-6,8,15,17H,7,9-12H2,(H,25,26). The smallest absolute Gasteiger partial charge is 0.334 e. The van der Waals surface area contributed by atoms with Crippen LogP contribution < -0.4 is 0 Å². The Bertz CT molecular complexity index is 894. The summed E-state index contributed by atoms with van der Waals surface area (Å²) in [5, 5.41) is 9.20. The van der Waals surface area contributed by atoms with Gasteiger partial charge in [0.05, 0.1) is 19.4 Å². The van der Waals surface area contributed by atoms with Crippen LogP contribution in [0.1, 0.15) is 21.7 Å². The molecule has 2 atom stereocenters. The molecule has 2 unspecified atom stereocenters. The SMILES string of the molecule is O=C(O)C1CN(C(=O)C2Cc3ccccc3CN2C(=O)c2ccco2)CCO1.